The van der Waals surface area contributed by atoms with Gasteiger partial charge in [-0.2, -0.15) is 13.2 Å². The third-order valence-electron chi connectivity index (χ3n) is 5.43. The molecule has 0 radical (unpaired) electrons. The van der Waals surface area contributed by atoms with Crippen molar-refractivity contribution >= 4 is 28.5 Å². The predicted octanol–water partition coefficient (Wildman–Crippen LogP) is 4.76. The second-order valence-electron chi connectivity index (χ2n) is 7.51. The molecule has 1 saturated carbocycles. The highest BCUT2D eigenvalue weighted by Crippen LogP contribution is 2.39. The number of fused-ring (bicyclic) bond motifs is 1. The van der Waals surface area contributed by atoms with Crippen molar-refractivity contribution in [3.8, 4) is 11.4 Å². The number of hydrogen-bond donors (Lipinski definition) is 2. The fraction of sp³-hybridized carbons (Fsp3) is 0.400. The number of hydrogen-bond acceptors (Lipinski definition) is 4. The molecule has 1 unspecified atom stereocenters. The number of nitrogens with one attached hydrogen (secondary N) is 2. The Morgan fingerprint density at radius 1 is 1.23 bits per heavy atom. The van der Waals surface area contributed by atoms with E-state index in [0.29, 0.717) is 40.9 Å². The quantitative estimate of drug-likeness (QED) is 0.555. The van der Waals surface area contributed by atoms with Crippen molar-refractivity contribution in [2.24, 2.45) is 5.92 Å². The van der Waals surface area contributed by atoms with E-state index in [9.17, 15) is 22.4 Å². The van der Waals surface area contributed by atoms with Crippen LogP contribution in [-0.4, -0.2) is 38.6 Å². The minimum Gasteiger partial charge on any atom is -0.347 e. The zero-order chi connectivity index (χ0) is 22.2. The van der Waals surface area contributed by atoms with Crippen LogP contribution in [0.15, 0.2) is 24.7 Å². The lowest BCUT2D eigenvalue weighted by Crippen LogP contribution is -2.40. The van der Waals surface area contributed by atoms with E-state index in [-0.39, 0.29) is 11.5 Å². The van der Waals surface area contributed by atoms with Crippen LogP contribution < -0.4 is 5.32 Å². The van der Waals surface area contributed by atoms with Crippen molar-refractivity contribution in [3.63, 3.8) is 0 Å². The van der Waals surface area contributed by atoms with Crippen LogP contribution in [-0.2, 0) is 4.79 Å². The molecule has 0 aromatic carbocycles. The lowest BCUT2D eigenvalue weighted by molar-refractivity contribution is -0.141. The zero-order valence-corrected chi connectivity index (χ0v) is 16.9. The van der Waals surface area contributed by atoms with Gasteiger partial charge in [0.1, 0.15) is 12.2 Å². The average molecular weight is 456 g/mol. The van der Waals surface area contributed by atoms with Crippen LogP contribution >= 0.6 is 11.6 Å². The van der Waals surface area contributed by atoms with E-state index in [1.165, 1.54) is 6.20 Å². The Balaban J connectivity index is 1.68. The molecule has 3 aromatic rings. The number of amides is 1. The minimum atomic E-state index is -4.52. The van der Waals surface area contributed by atoms with Gasteiger partial charge in [0.15, 0.2) is 11.6 Å². The number of H-pyrrole nitrogens is 1. The summed E-state index contributed by atoms with van der Waals surface area (Å²) in [4.78, 5) is 28.1. The van der Waals surface area contributed by atoms with E-state index in [1.54, 1.807) is 12.3 Å². The van der Waals surface area contributed by atoms with Gasteiger partial charge in [0.25, 0.3) is 0 Å². The Kier molecular flexibility index (Phi) is 5.83. The van der Waals surface area contributed by atoms with Gasteiger partial charge in [0.05, 0.1) is 16.9 Å². The molecule has 11 heteroatoms. The Hall–Kier alpha value is -2.75. The Labute approximate surface area is 179 Å². The van der Waals surface area contributed by atoms with Crippen LogP contribution in [0.4, 0.5) is 17.6 Å². The maximum absolute atomic E-state index is 14.7. The molecule has 4 rings (SSSR count). The van der Waals surface area contributed by atoms with Gasteiger partial charge in [0, 0.05) is 35.2 Å². The fourth-order valence-corrected chi connectivity index (χ4v) is 4.18. The first-order chi connectivity index (χ1) is 14.7. The average Bonchev–Trinajstić information content (AvgIpc) is 3.15. The zero-order valence-electron chi connectivity index (χ0n) is 16.1. The second kappa shape index (κ2) is 8.41. The third kappa shape index (κ3) is 4.63. The summed E-state index contributed by atoms with van der Waals surface area (Å²) < 4.78 is 52.3. The van der Waals surface area contributed by atoms with Gasteiger partial charge in [-0.1, -0.05) is 24.4 Å². The van der Waals surface area contributed by atoms with Crippen LogP contribution in [0.3, 0.4) is 0 Å². The number of nitrogens with zero attached hydrogens (tertiary/aromatic N) is 3. The smallest absolute Gasteiger partial charge is 0.347 e. The Morgan fingerprint density at radius 3 is 2.77 bits per heavy atom. The first kappa shape index (κ1) is 21.5. The molecule has 164 valence electrons. The number of pyridine rings is 1. The number of carbonyl (C=O) groups is 1. The summed E-state index contributed by atoms with van der Waals surface area (Å²) in [5, 5.41) is 2.98. The molecular formula is C20H18ClF4N5O. The molecule has 0 aliphatic heterocycles. The van der Waals surface area contributed by atoms with Crippen molar-refractivity contribution in [3.05, 3.63) is 41.2 Å². The molecule has 2 N–H and O–H groups in total. The molecule has 6 nitrogen and oxygen atoms in total. The maximum atomic E-state index is 14.7. The molecule has 3 aromatic heterocycles. The predicted molar refractivity (Wildman–Crippen MR) is 106 cm³/mol. The SMILES string of the molecule is O=C(NCC(F)(F)F)[C@H]1CCCCC1c1nc(-c2c[nH]c3ncc(Cl)cc23)ncc1F. The molecular weight excluding hydrogens is 438 g/mol. The monoisotopic (exact) mass is 455 g/mol. The van der Waals surface area contributed by atoms with Crippen molar-refractivity contribution < 1.29 is 22.4 Å². The molecule has 0 bridgehead atoms. The molecule has 1 fully saturated rings. The summed E-state index contributed by atoms with van der Waals surface area (Å²) in [6, 6.07) is 1.68. The number of rotatable bonds is 4. The van der Waals surface area contributed by atoms with Crippen LogP contribution in [0.2, 0.25) is 5.02 Å². The van der Waals surface area contributed by atoms with Gasteiger partial charge in [-0.05, 0) is 18.9 Å². The maximum Gasteiger partial charge on any atom is 0.405 e. The van der Waals surface area contributed by atoms with Gasteiger partial charge in [-0.3, -0.25) is 4.79 Å². The van der Waals surface area contributed by atoms with Crippen LogP contribution in [0.25, 0.3) is 22.4 Å². The lowest BCUT2D eigenvalue weighted by atomic mass is 9.76. The van der Waals surface area contributed by atoms with Gasteiger partial charge < -0.3 is 10.3 Å². The van der Waals surface area contributed by atoms with Gasteiger partial charge in [0.2, 0.25) is 5.91 Å². The van der Waals surface area contributed by atoms with E-state index in [2.05, 4.69) is 19.9 Å². The van der Waals surface area contributed by atoms with E-state index in [1.807, 2.05) is 5.32 Å². The molecule has 1 aliphatic carbocycles. The molecule has 2 atom stereocenters. The van der Waals surface area contributed by atoms with Crippen molar-refractivity contribution in [1.82, 2.24) is 25.3 Å². The van der Waals surface area contributed by atoms with Crippen LogP contribution in [0.5, 0.6) is 0 Å². The molecule has 0 saturated heterocycles. The standard InChI is InChI=1S/C20H18ClF4N5O/c21-10-5-13-14(7-27-17(13)26-6-10)18-28-8-15(22)16(30-18)11-3-1-2-4-12(11)19(31)29-9-20(23,24)25/h5-8,11-12H,1-4,9H2,(H,26,27)(H,29,31)/t11?,12-/m0/s1. The number of aromatic nitrogens is 4. The minimum absolute atomic E-state index is 0.0289. The first-order valence-corrected chi connectivity index (χ1v) is 10.1. The highest BCUT2D eigenvalue weighted by Gasteiger charge is 2.37. The molecule has 1 amide bonds. The summed E-state index contributed by atoms with van der Waals surface area (Å²) in [6.45, 7) is -1.42. The second-order valence-corrected chi connectivity index (χ2v) is 7.95. The highest BCUT2D eigenvalue weighted by molar-refractivity contribution is 6.31. The highest BCUT2D eigenvalue weighted by atomic mass is 35.5. The lowest BCUT2D eigenvalue weighted by Gasteiger charge is -2.30. The largest absolute Gasteiger partial charge is 0.405 e. The van der Waals surface area contributed by atoms with Crippen LogP contribution in [0.1, 0.15) is 37.3 Å². The van der Waals surface area contributed by atoms with Gasteiger partial charge in [-0.25, -0.2) is 19.3 Å². The number of alkyl halides is 3. The summed E-state index contributed by atoms with van der Waals surface area (Å²) in [5.41, 5.74) is 1.14. The molecule has 3 heterocycles. The van der Waals surface area contributed by atoms with Crippen molar-refractivity contribution in [1.29, 1.82) is 0 Å². The van der Waals surface area contributed by atoms with Crippen molar-refractivity contribution in [2.45, 2.75) is 37.8 Å². The normalized spacial score (nSPS) is 19.5. The summed E-state index contributed by atoms with van der Waals surface area (Å²) in [7, 11) is 0. The van der Waals surface area contributed by atoms with Gasteiger partial charge in [-0.15, -0.1) is 0 Å². The summed E-state index contributed by atoms with van der Waals surface area (Å²) >= 11 is 6.03. The van der Waals surface area contributed by atoms with Gasteiger partial charge >= 0.3 is 6.18 Å². The molecule has 1 aliphatic rings. The Morgan fingerprint density at radius 2 is 2.00 bits per heavy atom. The molecule has 31 heavy (non-hydrogen) atoms. The number of halogens is 5. The van der Waals surface area contributed by atoms with E-state index in [0.717, 1.165) is 12.6 Å². The molecule has 0 spiro atoms. The topological polar surface area (TPSA) is 83.6 Å². The Bertz CT molecular complexity index is 1120. The van der Waals surface area contributed by atoms with Crippen molar-refractivity contribution in [2.75, 3.05) is 6.54 Å². The summed E-state index contributed by atoms with van der Waals surface area (Å²) in [5.74, 6) is -2.67. The first-order valence-electron chi connectivity index (χ1n) is 9.73. The number of carbonyl (C=O) groups excluding carboxylic acids is 1. The van der Waals surface area contributed by atoms with E-state index in [4.69, 9.17) is 11.6 Å². The fourth-order valence-electron chi connectivity index (χ4n) is 4.02. The van der Waals surface area contributed by atoms with E-state index >= 15 is 0 Å². The number of aromatic amines is 1. The van der Waals surface area contributed by atoms with Crippen LogP contribution in [0, 0.1) is 11.7 Å². The third-order valence-corrected chi connectivity index (χ3v) is 5.63. The summed E-state index contributed by atoms with van der Waals surface area (Å²) in [6.07, 6.45) is 1.81. The van der Waals surface area contributed by atoms with E-state index < -0.39 is 36.3 Å².